The van der Waals surface area contributed by atoms with Crippen LogP contribution >= 0.6 is 11.3 Å². The molecule has 0 aliphatic heterocycles. The van der Waals surface area contributed by atoms with E-state index in [0.717, 1.165) is 24.3 Å². The number of rotatable bonds is 8. The quantitative estimate of drug-likeness (QED) is 0.285. The minimum absolute atomic E-state index is 0.0240. The van der Waals surface area contributed by atoms with E-state index in [0.29, 0.717) is 11.0 Å². The number of sulfone groups is 1. The molecule has 0 N–H and O–H groups in total. The Hall–Kier alpha value is -3.34. The first kappa shape index (κ1) is 33.9. The van der Waals surface area contributed by atoms with Gasteiger partial charge in [0, 0.05) is 18.8 Å². The average molecular weight is 630 g/mol. The van der Waals surface area contributed by atoms with Crippen LogP contribution in [0.2, 0.25) is 0 Å². The molecule has 0 radical (unpaired) electrons. The van der Waals surface area contributed by atoms with Crippen molar-refractivity contribution in [1.29, 1.82) is 0 Å². The summed E-state index contributed by atoms with van der Waals surface area (Å²) in [6.45, 7) is 6.00. The van der Waals surface area contributed by atoms with Gasteiger partial charge in [-0.15, -0.1) is 11.3 Å². The van der Waals surface area contributed by atoms with Crippen molar-refractivity contribution in [3.63, 3.8) is 0 Å². The number of carbonyl (C=O) groups excluding carboxylic acids is 3. The summed E-state index contributed by atoms with van der Waals surface area (Å²) in [7, 11) is -1.99. The molecule has 0 saturated heterocycles. The number of nitrogens with zero attached hydrogens (tertiary/aromatic N) is 3. The Morgan fingerprint density at radius 1 is 1.07 bits per heavy atom. The lowest BCUT2D eigenvalue weighted by atomic mass is 10.2. The molecule has 2 amide bonds. The molecule has 0 aromatic carbocycles. The smallest absolute Gasteiger partial charge is 0.458 e. The maximum atomic E-state index is 14.2. The molecule has 0 bridgehead atoms. The van der Waals surface area contributed by atoms with Gasteiger partial charge in [-0.05, 0) is 32.9 Å². The Bertz CT molecular complexity index is 1430. The van der Waals surface area contributed by atoms with E-state index in [1.807, 2.05) is 0 Å². The highest BCUT2D eigenvalue weighted by Gasteiger charge is 2.60. The van der Waals surface area contributed by atoms with Crippen molar-refractivity contribution >= 4 is 50.6 Å². The largest absolute Gasteiger partial charge is 0.465 e. The number of pyridine rings is 1. The van der Waals surface area contributed by atoms with Crippen molar-refractivity contribution < 1.29 is 54.2 Å². The van der Waals surface area contributed by atoms with Crippen LogP contribution in [0.5, 0.6) is 0 Å². The van der Waals surface area contributed by atoms with Crippen LogP contribution in [0.4, 0.5) is 38.3 Å². The van der Waals surface area contributed by atoms with E-state index < -0.39 is 83.8 Å². The molecule has 0 fully saturated rings. The summed E-state index contributed by atoms with van der Waals surface area (Å²) in [6, 6.07) is 1.35. The second-order valence-electron chi connectivity index (χ2n) is 9.57. The second kappa shape index (κ2) is 11.9. The van der Waals surface area contributed by atoms with E-state index in [-0.39, 0.29) is 17.0 Å². The number of ether oxygens (including phenoxy) is 2. The first-order valence-corrected chi connectivity index (χ1v) is 14.2. The maximum Gasteiger partial charge on any atom is 0.458 e. The number of alkyl halides is 5. The number of esters is 1. The zero-order chi connectivity index (χ0) is 31.7. The molecule has 2 aromatic rings. The fourth-order valence-electron chi connectivity index (χ4n) is 3.19. The van der Waals surface area contributed by atoms with Crippen molar-refractivity contribution in [1.82, 2.24) is 4.98 Å². The van der Waals surface area contributed by atoms with Gasteiger partial charge in [-0.1, -0.05) is 6.92 Å². The second-order valence-corrected chi connectivity index (χ2v) is 13.0. The summed E-state index contributed by atoms with van der Waals surface area (Å²) in [4.78, 5) is 40.7. The molecule has 228 valence electrons. The molecule has 0 atom stereocenters. The third kappa shape index (κ3) is 7.49. The SMILES string of the molecule is CCS(=O)(=O)c1cc(N(C)C(C)=O)cnc1N(Cc1sc(C(F)(F)C(F)(F)F)cc1C(=O)OC)C(=O)OC(C)(C)C. The Morgan fingerprint density at radius 3 is 2.12 bits per heavy atom. The summed E-state index contributed by atoms with van der Waals surface area (Å²) in [5.74, 6) is -8.19. The molecular weight excluding hydrogens is 601 g/mol. The standard InChI is InChI=1S/C24H28F5N3O7S2/c1-8-41(36,37)17-9-14(31(6)13(2)33)11-30-19(17)32(21(35)39-22(3,4)5)12-16-15(20(34)38-7)10-18(40-16)23(25,26)24(27,28)29/h9-11H,8,12H2,1-7H3. The van der Waals surface area contributed by atoms with Gasteiger partial charge in [0.05, 0.1) is 41.7 Å². The lowest BCUT2D eigenvalue weighted by Gasteiger charge is -2.28. The van der Waals surface area contributed by atoms with Gasteiger partial charge >= 0.3 is 24.2 Å². The predicted octanol–water partition coefficient (Wildman–Crippen LogP) is 5.30. The maximum absolute atomic E-state index is 14.2. The monoisotopic (exact) mass is 629 g/mol. The predicted molar refractivity (Wildman–Crippen MR) is 139 cm³/mol. The molecular formula is C24H28F5N3O7S2. The zero-order valence-electron chi connectivity index (χ0n) is 23.1. The highest BCUT2D eigenvalue weighted by Crippen LogP contribution is 2.47. The third-order valence-electron chi connectivity index (χ3n) is 5.44. The Kier molecular flexibility index (Phi) is 9.81. The number of hydrogen-bond donors (Lipinski definition) is 0. The van der Waals surface area contributed by atoms with E-state index in [9.17, 15) is 44.8 Å². The number of halogens is 5. The summed E-state index contributed by atoms with van der Waals surface area (Å²) in [6.07, 6.45) is -6.20. The molecule has 41 heavy (non-hydrogen) atoms. The van der Waals surface area contributed by atoms with Gasteiger partial charge in [0.2, 0.25) is 5.91 Å². The summed E-state index contributed by atoms with van der Waals surface area (Å²) >= 11 is -0.124. The van der Waals surface area contributed by atoms with E-state index in [1.165, 1.54) is 41.7 Å². The summed E-state index contributed by atoms with van der Waals surface area (Å²) < 4.78 is 104. The molecule has 2 heterocycles. The van der Waals surface area contributed by atoms with Gasteiger partial charge in [-0.25, -0.2) is 23.0 Å². The van der Waals surface area contributed by atoms with Gasteiger partial charge in [-0.3, -0.25) is 9.69 Å². The lowest BCUT2D eigenvalue weighted by molar-refractivity contribution is -0.287. The van der Waals surface area contributed by atoms with Crippen LogP contribution < -0.4 is 9.80 Å². The lowest BCUT2D eigenvalue weighted by Crippen LogP contribution is -2.38. The van der Waals surface area contributed by atoms with Gasteiger partial charge in [-0.2, -0.15) is 22.0 Å². The van der Waals surface area contributed by atoms with E-state index >= 15 is 0 Å². The average Bonchev–Trinajstić information content (AvgIpc) is 3.28. The van der Waals surface area contributed by atoms with Crippen LogP contribution in [0.3, 0.4) is 0 Å². The number of anilines is 2. The molecule has 2 aromatic heterocycles. The third-order valence-corrected chi connectivity index (χ3v) is 8.36. The van der Waals surface area contributed by atoms with Gasteiger partial charge in [0.15, 0.2) is 15.7 Å². The molecule has 0 unspecified atom stereocenters. The molecule has 0 aliphatic rings. The van der Waals surface area contributed by atoms with Gasteiger partial charge in [0.25, 0.3) is 0 Å². The fraction of sp³-hybridized carbons (Fsp3) is 0.500. The van der Waals surface area contributed by atoms with E-state index in [1.54, 1.807) is 0 Å². The highest BCUT2D eigenvalue weighted by atomic mass is 32.2. The van der Waals surface area contributed by atoms with Crippen LogP contribution in [0.25, 0.3) is 0 Å². The van der Waals surface area contributed by atoms with Crippen molar-refractivity contribution in [3.05, 3.63) is 33.6 Å². The van der Waals surface area contributed by atoms with Crippen molar-refractivity contribution in [3.8, 4) is 0 Å². The molecule has 10 nitrogen and oxygen atoms in total. The Morgan fingerprint density at radius 2 is 1.66 bits per heavy atom. The van der Waals surface area contributed by atoms with Crippen molar-refractivity contribution in [2.75, 3.05) is 29.7 Å². The minimum atomic E-state index is -6.00. The molecule has 17 heteroatoms. The molecule has 2 rings (SSSR count). The van der Waals surface area contributed by atoms with Crippen LogP contribution in [0.15, 0.2) is 23.2 Å². The minimum Gasteiger partial charge on any atom is -0.465 e. The molecule has 0 aliphatic carbocycles. The van der Waals surface area contributed by atoms with Crippen molar-refractivity contribution in [2.45, 2.75) is 63.8 Å². The molecule has 0 saturated carbocycles. The highest BCUT2D eigenvalue weighted by molar-refractivity contribution is 7.91. The summed E-state index contributed by atoms with van der Waals surface area (Å²) in [5.41, 5.74) is -1.86. The normalized spacial score (nSPS) is 12.6. The van der Waals surface area contributed by atoms with Crippen LogP contribution in [0, 0.1) is 0 Å². The van der Waals surface area contributed by atoms with Gasteiger partial charge in [0.1, 0.15) is 10.5 Å². The fourth-order valence-corrected chi connectivity index (χ4v) is 5.37. The van der Waals surface area contributed by atoms with E-state index in [2.05, 4.69) is 9.72 Å². The van der Waals surface area contributed by atoms with E-state index in [4.69, 9.17) is 4.74 Å². The summed E-state index contributed by atoms with van der Waals surface area (Å²) in [5, 5.41) is 0. The number of aromatic nitrogens is 1. The van der Waals surface area contributed by atoms with Gasteiger partial charge < -0.3 is 14.4 Å². The van der Waals surface area contributed by atoms with Crippen LogP contribution in [0.1, 0.15) is 54.7 Å². The first-order valence-electron chi connectivity index (χ1n) is 11.7. The zero-order valence-corrected chi connectivity index (χ0v) is 24.7. The van der Waals surface area contributed by atoms with Crippen LogP contribution in [-0.4, -0.2) is 63.1 Å². The number of methoxy groups -OCH3 is 1. The Balaban J connectivity index is 2.87. The number of thiophene rings is 1. The van der Waals surface area contributed by atoms with Crippen molar-refractivity contribution in [2.24, 2.45) is 0 Å². The number of amides is 2. The van der Waals surface area contributed by atoms with Crippen LogP contribution in [-0.2, 0) is 36.6 Å². The first-order chi connectivity index (χ1) is 18.6. The topological polar surface area (TPSA) is 123 Å². The number of hydrogen-bond acceptors (Lipinski definition) is 9. The Labute approximate surface area is 237 Å². The molecule has 0 spiro atoms. The number of carbonyl (C=O) groups is 3.